The number of amides is 1. The number of hydrogen-bond donors (Lipinski definition) is 2. The number of likely N-dealkylation sites (tertiary alicyclic amines) is 1. The minimum Gasteiger partial charge on any atom is -0.465 e. The Morgan fingerprint density at radius 1 is 1.73 bits per heavy atom. The summed E-state index contributed by atoms with van der Waals surface area (Å²) >= 11 is 0. The van der Waals surface area contributed by atoms with E-state index < -0.39 is 6.09 Å². The first-order valence-electron chi connectivity index (χ1n) is 3.88. The number of carboxylic acid groups (broad SMARTS) is 1. The molecule has 3 N–H and O–H groups in total. The normalized spacial score (nSPS) is 32.0. The molecule has 64 valence electrons. The molecule has 0 unspecified atom stereocenters. The van der Waals surface area contributed by atoms with Gasteiger partial charge >= 0.3 is 6.09 Å². The lowest BCUT2D eigenvalue weighted by Gasteiger charge is -2.35. The molecular weight excluding hydrogens is 144 g/mol. The minimum absolute atomic E-state index is 0.0137. The van der Waals surface area contributed by atoms with E-state index in [2.05, 4.69) is 0 Å². The molecule has 0 aromatic carbocycles. The Labute approximate surface area is 66.0 Å². The van der Waals surface area contributed by atoms with Gasteiger partial charge in [-0.2, -0.15) is 0 Å². The fourth-order valence-electron chi connectivity index (χ4n) is 1.44. The first-order valence-corrected chi connectivity index (χ1v) is 3.88. The van der Waals surface area contributed by atoms with Gasteiger partial charge in [-0.25, -0.2) is 4.79 Å². The highest BCUT2D eigenvalue weighted by molar-refractivity contribution is 5.65. The van der Waals surface area contributed by atoms with Crippen molar-refractivity contribution < 1.29 is 9.90 Å². The molecule has 1 amide bonds. The number of nitrogens with zero attached hydrogens (tertiary/aromatic N) is 1. The molecule has 0 radical (unpaired) electrons. The second-order valence-corrected chi connectivity index (χ2v) is 3.02. The monoisotopic (exact) mass is 158 g/mol. The topological polar surface area (TPSA) is 66.6 Å². The van der Waals surface area contributed by atoms with Crippen molar-refractivity contribution in [2.45, 2.75) is 31.8 Å². The molecule has 0 aliphatic carbocycles. The van der Waals surface area contributed by atoms with Crippen LogP contribution in [0.4, 0.5) is 4.79 Å². The van der Waals surface area contributed by atoms with Gasteiger partial charge in [0.05, 0.1) is 0 Å². The Morgan fingerprint density at radius 2 is 2.36 bits per heavy atom. The Bertz CT molecular complexity index is 161. The summed E-state index contributed by atoms with van der Waals surface area (Å²) in [4.78, 5) is 12.0. The van der Waals surface area contributed by atoms with Crippen LogP contribution in [0, 0.1) is 0 Å². The lowest BCUT2D eigenvalue weighted by molar-refractivity contribution is 0.104. The van der Waals surface area contributed by atoms with E-state index in [9.17, 15) is 4.79 Å². The van der Waals surface area contributed by atoms with Crippen molar-refractivity contribution in [3.8, 4) is 0 Å². The van der Waals surface area contributed by atoms with E-state index in [0.29, 0.717) is 6.54 Å². The van der Waals surface area contributed by atoms with Gasteiger partial charge in [0.25, 0.3) is 0 Å². The summed E-state index contributed by atoms with van der Waals surface area (Å²) in [5, 5.41) is 8.70. The zero-order valence-electron chi connectivity index (χ0n) is 6.66. The van der Waals surface area contributed by atoms with Crippen molar-refractivity contribution in [3.05, 3.63) is 0 Å². The lowest BCUT2D eigenvalue weighted by atomic mass is 9.99. The van der Waals surface area contributed by atoms with Crippen LogP contribution < -0.4 is 5.73 Å². The van der Waals surface area contributed by atoms with Crippen LogP contribution in [0.15, 0.2) is 0 Å². The van der Waals surface area contributed by atoms with E-state index in [1.807, 2.05) is 6.92 Å². The number of nitrogens with two attached hydrogens (primary N) is 1. The fraction of sp³-hybridized carbons (Fsp3) is 0.857. The molecule has 2 atom stereocenters. The van der Waals surface area contributed by atoms with Gasteiger partial charge in [-0.15, -0.1) is 0 Å². The van der Waals surface area contributed by atoms with E-state index in [1.54, 1.807) is 0 Å². The second kappa shape index (κ2) is 3.09. The van der Waals surface area contributed by atoms with Crippen molar-refractivity contribution in [2.75, 3.05) is 6.54 Å². The van der Waals surface area contributed by atoms with Gasteiger partial charge in [0.1, 0.15) is 0 Å². The van der Waals surface area contributed by atoms with Crippen molar-refractivity contribution in [1.82, 2.24) is 4.90 Å². The zero-order valence-corrected chi connectivity index (χ0v) is 6.66. The Balaban J connectivity index is 2.58. The maximum absolute atomic E-state index is 10.6. The van der Waals surface area contributed by atoms with Crippen LogP contribution in [0.25, 0.3) is 0 Å². The minimum atomic E-state index is -0.854. The molecule has 11 heavy (non-hydrogen) atoms. The summed E-state index contributed by atoms with van der Waals surface area (Å²) in [6, 6.07) is -0.0129. The third kappa shape index (κ3) is 1.63. The Hall–Kier alpha value is -0.770. The third-order valence-electron chi connectivity index (χ3n) is 2.29. The number of hydrogen-bond acceptors (Lipinski definition) is 2. The number of piperidine rings is 1. The number of carbonyl (C=O) groups is 1. The van der Waals surface area contributed by atoms with E-state index in [0.717, 1.165) is 12.8 Å². The van der Waals surface area contributed by atoms with Crippen LogP contribution in [-0.4, -0.2) is 34.7 Å². The molecular formula is C7H14N2O2. The van der Waals surface area contributed by atoms with E-state index in [-0.39, 0.29) is 12.1 Å². The predicted octanol–water partition coefficient (Wildman–Crippen LogP) is 0.476. The quantitative estimate of drug-likeness (QED) is 0.538. The lowest BCUT2D eigenvalue weighted by Crippen LogP contribution is -2.52. The maximum Gasteiger partial charge on any atom is 0.407 e. The molecule has 0 bridgehead atoms. The first-order chi connectivity index (χ1) is 5.13. The molecule has 0 spiro atoms. The first kappa shape index (κ1) is 8.33. The van der Waals surface area contributed by atoms with Gasteiger partial charge in [-0.1, -0.05) is 0 Å². The van der Waals surface area contributed by atoms with Gasteiger partial charge in [-0.05, 0) is 19.8 Å². The molecule has 1 aliphatic rings. The van der Waals surface area contributed by atoms with E-state index in [1.165, 1.54) is 4.90 Å². The molecule has 0 aromatic rings. The average molecular weight is 158 g/mol. The highest BCUT2D eigenvalue weighted by Gasteiger charge is 2.28. The third-order valence-corrected chi connectivity index (χ3v) is 2.29. The number of rotatable bonds is 0. The van der Waals surface area contributed by atoms with Crippen LogP contribution >= 0.6 is 0 Å². The molecule has 1 heterocycles. The summed E-state index contributed by atoms with van der Waals surface area (Å²) in [7, 11) is 0. The SMILES string of the molecule is C[C@@H]1[C@H](N)CCCN1C(=O)O. The smallest absolute Gasteiger partial charge is 0.407 e. The standard InChI is InChI=1S/C7H14N2O2/c1-5-6(8)3-2-4-9(5)7(10)11/h5-6H,2-4,8H2,1H3,(H,10,11)/t5-,6-/m1/s1. The van der Waals surface area contributed by atoms with Crippen molar-refractivity contribution in [1.29, 1.82) is 0 Å². The highest BCUT2D eigenvalue weighted by atomic mass is 16.4. The van der Waals surface area contributed by atoms with Crippen molar-refractivity contribution >= 4 is 6.09 Å². The van der Waals surface area contributed by atoms with Crippen LogP contribution in [0.5, 0.6) is 0 Å². The Kier molecular flexibility index (Phi) is 2.34. The van der Waals surface area contributed by atoms with Gasteiger partial charge in [-0.3, -0.25) is 0 Å². The molecule has 0 aromatic heterocycles. The van der Waals surface area contributed by atoms with Crippen LogP contribution in [0.1, 0.15) is 19.8 Å². The molecule has 4 nitrogen and oxygen atoms in total. The molecule has 4 heteroatoms. The van der Waals surface area contributed by atoms with Crippen LogP contribution in [0.2, 0.25) is 0 Å². The molecule has 1 fully saturated rings. The predicted molar refractivity (Wildman–Crippen MR) is 41.4 cm³/mol. The Morgan fingerprint density at radius 3 is 2.82 bits per heavy atom. The van der Waals surface area contributed by atoms with Gasteiger partial charge in [0.2, 0.25) is 0 Å². The largest absolute Gasteiger partial charge is 0.465 e. The molecule has 1 aliphatic heterocycles. The molecule has 1 saturated heterocycles. The average Bonchev–Trinajstić information content (AvgIpc) is 1.94. The van der Waals surface area contributed by atoms with Crippen LogP contribution in [-0.2, 0) is 0 Å². The molecule has 0 saturated carbocycles. The zero-order chi connectivity index (χ0) is 8.43. The van der Waals surface area contributed by atoms with Crippen molar-refractivity contribution in [2.24, 2.45) is 5.73 Å². The summed E-state index contributed by atoms with van der Waals surface area (Å²) in [6.07, 6.45) is 0.968. The maximum atomic E-state index is 10.6. The van der Waals surface area contributed by atoms with Gasteiger partial charge < -0.3 is 15.7 Å². The molecule has 1 rings (SSSR count). The van der Waals surface area contributed by atoms with Gasteiger partial charge in [0, 0.05) is 18.6 Å². The van der Waals surface area contributed by atoms with Crippen LogP contribution in [0.3, 0.4) is 0 Å². The second-order valence-electron chi connectivity index (χ2n) is 3.02. The summed E-state index contributed by atoms with van der Waals surface area (Å²) in [5.41, 5.74) is 5.70. The van der Waals surface area contributed by atoms with E-state index in [4.69, 9.17) is 10.8 Å². The van der Waals surface area contributed by atoms with Crippen molar-refractivity contribution in [3.63, 3.8) is 0 Å². The fourth-order valence-corrected chi connectivity index (χ4v) is 1.44. The highest BCUT2D eigenvalue weighted by Crippen LogP contribution is 2.15. The van der Waals surface area contributed by atoms with E-state index >= 15 is 0 Å². The summed E-state index contributed by atoms with van der Waals surface area (Å²) in [6.45, 7) is 2.49. The summed E-state index contributed by atoms with van der Waals surface area (Å²) in [5.74, 6) is 0. The summed E-state index contributed by atoms with van der Waals surface area (Å²) < 4.78 is 0. The van der Waals surface area contributed by atoms with Gasteiger partial charge in [0.15, 0.2) is 0 Å².